The summed E-state index contributed by atoms with van der Waals surface area (Å²) in [5.74, 6) is 0.364. The van der Waals surface area contributed by atoms with Gasteiger partial charge in [0.25, 0.3) is 0 Å². The molecule has 0 aromatic rings. The number of nitrogens with one attached hydrogen (secondary N) is 1. The molecule has 0 spiro atoms. The molecule has 0 unspecified atom stereocenters. The highest BCUT2D eigenvalue weighted by Crippen LogP contribution is 2.26. The van der Waals surface area contributed by atoms with E-state index in [2.05, 4.69) is 4.90 Å². The van der Waals surface area contributed by atoms with Crippen LogP contribution >= 0.6 is 0 Å². The second-order valence-corrected chi connectivity index (χ2v) is 3.35. The molecule has 0 aromatic carbocycles. The summed E-state index contributed by atoms with van der Waals surface area (Å²) in [6.45, 7) is 4.64. The SMILES string of the molecule is CCOC(=N)CN(CCN)C1CC1. The number of nitrogens with two attached hydrogens (primary N) is 1. The Hall–Kier alpha value is -0.610. The summed E-state index contributed by atoms with van der Waals surface area (Å²) in [5, 5.41) is 7.51. The van der Waals surface area contributed by atoms with Gasteiger partial charge in [-0.05, 0) is 19.8 Å². The molecular weight excluding hydrogens is 166 g/mol. The molecule has 0 aromatic heterocycles. The topological polar surface area (TPSA) is 62.3 Å². The molecule has 0 heterocycles. The fourth-order valence-electron chi connectivity index (χ4n) is 1.40. The van der Waals surface area contributed by atoms with E-state index in [1.165, 1.54) is 12.8 Å². The second-order valence-electron chi connectivity index (χ2n) is 3.35. The first-order valence-corrected chi connectivity index (χ1v) is 4.92. The maximum Gasteiger partial charge on any atom is 0.194 e. The molecule has 0 bridgehead atoms. The highest BCUT2D eigenvalue weighted by molar-refractivity contribution is 5.74. The van der Waals surface area contributed by atoms with Crippen LogP contribution in [0.4, 0.5) is 0 Å². The zero-order chi connectivity index (χ0) is 9.68. The van der Waals surface area contributed by atoms with Crippen molar-refractivity contribution in [2.45, 2.75) is 25.8 Å². The van der Waals surface area contributed by atoms with Crippen LogP contribution in [0, 0.1) is 5.41 Å². The minimum atomic E-state index is 0.364. The molecule has 1 aliphatic carbocycles. The number of hydrogen-bond donors (Lipinski definition) is 2. The fraction of sp³-hybridized carbons (Fsp3) is 0.889. The van der Waals surface area contributed by atoms with Gasteiger partial charge in [0.1, 0.15) is 0 Å². The van der Waals surface area contributed by atoms with Crippen molar-refractivity contribution < 1.29 is 4.74 Å². The van der Waals surface area contributed by atoms with Crippen molar-refractivity contribution in [3.8, 4) is 0 Å². The predicted molar refractivity (Wildman–Crippen MR) is 53.0 cm³/mol. The van der Waals surface area contributed by atoms with Crippen LogP contribution in [0.1, 0.15) is 19.8 Å². The number of ether oxygens (including phenoxy) is 1. The lowest BCUT2D eigenvalue weighted by Gasteiger charge is -2.20. The zero-order valence-electron chi connectivity index (χ0n) is 8.25. The van der Waals surface area contributed by atoms with Gasteiger partial charge >= 0.3 is 0 Å². The summed E-state index contributed by atoms with van der Waals surface area (Å²) in [6.07, 6.45) is 2.50. The first kappa shape index (κ1) is 10.5. The van der Waals surface area contributed by atoms with Crippen molar-refractivity contribution in [1.29, 1.82) is 5.41 Å². The minimum absolute atomic E-state index is 0.364. The van der Waals surface area contributed by atoms with Crippen molar-refractivity contribution in [3.05, 3.63) is 0 Å². The van der Waals surface area contributed by atoms with Crippen LogP contribution in [0.2, 0.25) is 0 Å². The van der Waals surface area contributed by atoms with E-state index in [0.29, 0.717) is 31.6 Å². The highest BCUT2D eigenvalue weighted by atomic mass is 16.5. The zero-order valence-corrected chi connectivity index (χ0v) is 8.25. The maximum atomic E-state index is 7.51. The molecule has 13 heavy (non-hydrogen) atoms. The highest BCUT2D eigenvalue weighted by Gasteiger charge is 2.29. The van der Waals surface area contributed by atoms with E-state index in [0.717, 1.165) is 6.54 Å². The van der Waals surface area contributed by atoms with Gasteiger partial charge in [-0.3, -0.25) is 10.3 Å². The molecular formula is C9H19N3O. The normalized spacial score (nSPS) is 16.2. The van der Waals surface area contributed by atoms with Gasteiger partial charge < -0.3 is 10.5 Å². The van der Waals surface area contributed by atoms with Crippen LogP contribution < -0.4 is 5.73 Å². The second kappa shape index (κ2) is 5.19. The Morgan fingerprint density at radius 2 is 2.31 bits per heavy atom. The van der Waals surface area contributed by atoms with E-state index < -0.39 is 0 Å². The van der Waals surface area contributed by atoms with E-state index in [4.69, 9.17) is 15.9 Å². The van der Waals surface area contributed by atoms with Crippen LogP contribution in [0.5, 0.6) is 0 Å². The summed E-state index contributed by atoms with van der Waals surface area (Å²) in [5.41, 5.74) is 5.49. The van der Waals surface area contributed by atoms with Crippen LogP contribution in [0.25, 0.3) is 0 Å². The molecule has 0 atom stereocenters. The van der Waals surface area contributed by atoms with Crippen molar-refractivity contribution in [2.24, 2.45) is 5.73 Å². The quantitative estimate of drug-likeness (QED) is 0.466. The Bertz CT molecular complexity index is 168. The molecule has 3 N–H and O–H groups in total. The summed E-state index contributed by atoms with van der Waals surface area (Å²) in [6, 6.07) is 0.657. The average molecular weight is 185 g/mol. The minimum Gasteiger partial charge on any atom is -0.481 e. The van der Waals surface area contributed by atoms with E-state index in [1.807, 2.05) is 6.92 Å². The van der Waals surface area contributed by atoms with Gasteiger partial charge in [-0.2, -0.15) is 0 Å². The molecule has 76 valence electrons. The molecule has 1 saturated carbocycles. The summed E-state index contributed by atoms with van der Waals surface area (Å²) < 4.78 is 5.10. The molecule has 1 fully saturated rings. The molecule has 0 radical (unpaired) electrons. The fourth-order valence-corrected chi connectivity index (χ4v) is 1.40. The third-order valence-electron chi connectivity index (χ3n) is 2.14. The third-order valence-corrected chi connectivity index (χ3v) is 2.14. The molecule has 0 saturated heterocycles. The van der Waals surface area contributed by atoms with Crippen LogP contribution in [-0.2, 0) is 4.74 Å². The maximum absolute atomic E-state index is 7.51. The number of hydrogen-bond acceptors (Lipinski definition) is 4. The largest absolute Gasteiger partial charge is 0.481 e. The summed E-state index contributed by atoms with van der Waals surface area (Å²) in [4.78, 5) is 2.23. The van der Waals surface area contributed by atoms with E-state index in [1.54, 1.807) is 0 Å². The number of rotatable bonds is 6. The van der Waals surface area contributed by atoms with Crippen molar-refractivity contribution in [2.75, 3.05) is 26.2 Å². The van der Waals surface area contributed by atoms with Crippen molar-refractivity contribution in [3.63, 3.8) is 0 Å². The Morgan fingerprint density at radius 3 is 2.77 bits per heavy atom. The Kier molecular flexibility index (Phi) is 4.18. The van der Waals surface area contributed by atoms with Crippen LogP contribution in [-0.4, -0.2) is 43.1 Å². The van der Waals surface area contributed by atoms with Crippen molar-refractivity contribution >= 4 is 5.90 Å². The average Bonchev–Trinajstić information content (AvgIpc) is 2.86. The van der Waals surface area contributed by atoms with E-state index >= 15 is 0 Å². The predicted octanol–water partition coefficient (Wildman–Crippen LogP) is 0.423. The first-order chi connectivity index (χ1) is 6.27. The standard InChI is InChI=1S/C9H19N3O/c1-2-13-9(11)7-12(6-5-10)8-3-4-8/h8,11H,2-7,10H2,1H3. The van der Waals surface area contributed by atoms with Gasteiger partial charge in [-0.1, -0.05) is 0 Å². The van der Waals surface area contributed by atoms with Crippen LogP contribution in [0.15, 0.2) is 0 Å². The smallest absolute Gasteiger partial charge is 0.194 e. The third kappa shape index (κ3) is 3.74. The van der Waals surface area contributed by atoms with Gasteiger partial charge in [0.05, 0.1) is 13.2 Å². The Balaban J connectivity index is 2.24. The monoisotopic (exact) mass is 185 g/mol. The summed E-state index contributed by atoms with van der Waals surface area (Å²) >= 11 is 0. The molecule has 0 amide bonds. The molecule has 4 heteroatoms. The van der Waals surface area contributed by atoms with Crippen LogP contribution in [0.3, 0.4) is 0 Å². The van der Waals surface area contributed by atoms with Gasteiger partial charge in [0.15, 0.2) is 5.90 Å². The Morgan fingerprint density at radius 1 is 1.62 bits per heavy atom. The van der Waals surface area contributed by atoms with Gasteiger partial charge in [-0.25, -0.2) is 0 Å². The Labute approximate surface area is 79.6 Å². The molecule has 4 nitrogen and oxygen atoms in total. The summed E-state index contributed by atoms with van der Waals surface area (Å²) in [7, 11) is 0. The lowest BCUT2D eigenvalue weighted by Crippen LogP contribution is -2.36. The number of nitrogens with zero attached hydrogens (tertiary/aromatic N) is 1. The molecule has 0 aliphatic heterocycles. The first-order valence-electron chi connectivity index (χ1n) is 4.92. The van der Waals surface area contributed by atoms with Gasteiger partial charge in [-0.15, -0.1) is 0 Å². The van der Waals surface area contributed by atoms with Gasteiger partial charge in [0, 0.05) is 19.1 Å². The molecule has 1 rings (SSSR count). The van der Waals surface area contributed by atoms with Crippen molar-refractivity contribution in [1.82, 2.24) is 4.90 Å². The van der Waals surface area contributed by atoms with E-state index in [-0.39, 0.29) is 0 Å². The van der Waals surface area contributed by atoms with E-state index in [9.17, 15) is 0 Å². The van der Waals surface area contributed by atoms with Gasteiger partial charge in [0.2, 0.25) is 0 Å². The molecule has 1 aliphatic rings. The lowest BCUT2D eigenvalue weighted by atomic mass is 10.4. The lowest BCUT2D eigenvalue weighted by molar-refractivity contribution is 0.256.